The van der Waals surface area contributed by atoms with Crippen LogP contribution in [0.25, 0.3) is 11.6 Å². The van der Waals surface area contributed by atoms with Gasteiger partial charge in [0.05, 0.1) is 17.5 Å². The first-order chi connectivity index (χ1) is 8.27. The zero-order valence-electron chi connectivity index (χ0n) is 8.95. The van der Waals surface area contributed by atoms with Crippen LogP contribution < -0.4 is 0 Å². The van der Waals surface area contributed by atoms with Crippen LogP contribution in [0.4, 0.5) is 0 Å². The summed E-state index contributed by atoms with van der Waals surface area (Å²) < 4.78 is 0. The number of rotatable bonds is 3. The fourth-order valence-electron chi connectivity index (χ4n) is 1.40. The molecule has 4 nitrogen and oxygen atoms in total. The van der Waals surface area contributed by atoms with Gasteiger partial charge in [0.1, 0.15) is 0 Å². The highest BCUT2D eigenvalue weighted by molar-refractivity contribution is 6.19. The molecular formula is C13H10N2O2. The van der Waals surface area contributed by atoms with Crippen LogP contribution in [0.3, 0.4) is 0 Å². The fraction of sp³-hybridized carbons (Fsp3) is 0. The van der Waals surface area contributed by atoms with Crippen LogP contribution in [-0.2, 0) is 4.79 Å². The number of carboxylic acid groups (broad SMARTS) is 1. The second-order valence-electron chi connectivity index (χ2n) is 3.36. The summed E-state index contributed by atoms with van der Waals surface area (Å²) in [6.07, 6.45) is 5.98. The summed E-state index contributed by atoms with van der Waals surface area (Å²) in [5.74, 6) is -1.02. The zero-order chi connectivity index (χ0) is 12.1. The number of aliphatic carboxylic acids is 1. The lowest BCUT2D eigenvalue weighted by atomic mass is 10.1. The number of hydrogen-bond acceptors (Lipinski definition) is 3. The maximum Gasteiger partial charge on any atom is 0.337 e. The van der Waals surface area contributed by atoms with Gasteiger partial charge in [0.15, 0.2) is 0 Å². The van der Waals surface area contributed by atoms with E-state index in [-0.39, 0.29) is 5.57 Å². The zero-order valence-corrected chi connectivity index (χ0v) is 8.95. The molecule has 0 saturated carbocycles. The Morgan fingerprint density at radius 2 is 1.94 bits per heavy atom. The first-order valence-electron chi connectivity index (χ1n) is 5.04. The van der Waals surface area contributed by atoms with E-state index < -0.39 is 5.97 Å². The van der Waals surface area contributed by atoms with Crippen molar-refractivity contribution >= 4 is 17.6 Å². The van der Waals surface area contributed by atoms with E-state index in [9.17, 15) is 4.79 Å². The van der Waals surface area contributed by atoms with Crippen LogP contribution in [0, 0.1) is 0 Å². The molecule has 0 amide bonds. The van der Waals surface area contributed by atoms with Crippen molar-refractivity contribution in [3.63, 3.8) is 0 Å². The number of hydrogen-bond donors (Lipinski definition) is 1. The van der Waals surface area contributed by atoms with Gasteiger partial charge in [0, 0.05) is 12.4 Å². The molecule has 1 aromatic carbocycles. The van der Waals surface area contributed by atoms with Gasteiger partial charge in [-0.25, -0.2) is 4.79 Å². The van der Waals surface area contributed by atoms with Crippen molar-refractivity contribution in [3.8, 4) is 0 Å². The van der Waals surface area contributed by atoms with Crippen molar-refractivity contribution in [3.05, 3.63) is 60.2 Å². The predicted molar refractivity (Wildman–Crippen MR) is 64.0 cm³/mol. The van der Waals surface area contributed by atoms with Crippen LogP contribution in [0.15, 0.2) is 48.9 Å². The Labute approximate surface area is 98.3 Å². The van der Waals surface area contributed by atoms with Gasteiger partial charge < -0.3 is 5.11 Å². The van der Waals surface area contributed by atoms with Crippen LogP contribution in [0.5, 0.6) is 0 Å². The molecule has 0 spiro atoms. The quantitative estimate of drug-likeness (QED) is 0.814. The molecule has 2 aromatic rings. The van der Waals surface area contributed by atoms with Gasteiger partial charge >= 0.3 is 5.97 Å². The van der Waals surface area contributed by atoms with E-state index in [0.29, 0.717) is 5.69 Å². The third-order valence-electron chi connectivity index (χ3n) is 2.18. The Kier molecular flexibility index (Phi) is 3.25. The third kappa shape index (κ3) is 2.75. The maximum atomic E-state index is 11.2. The number of aromatic nitrogens is 2. The number of benzene rings is 1. The lowest BCUT2D eigenvalue weighted by Crippen LogP contribution is -2.01. The second-order valence-corrected chi connectivity index (χ2v) is 3.36. The lowest BCUT2D eigenvalue weighted by molar-refractivity contribution is -0.130. The van der Waals surface area contributed by atoms with Crippen molar-refractivity contribution in [1.82, 2.24) is 9.97 Å². The summed E-state index contributed by atoms with van der Waals surface area (Å²) in [6.45, 7) is 0. The molecule has 1 N–H and O–H groups in total. The minimum Gasteiger partial charge on any atom is -0.478 e. The van der Waals surface area contributed by atoms with Crippen molar-refractivity contribution in [2.45, 2.75) is 0 Å². The molecule has 0 fully saturated rings. The van der Waals surface area contributed by atoms with E-state index in [1.165, 1.54) is 18.6 Å². The first-order valence-corrected chi connectivity index (χ1v) is 5.04. The molecule has 0 atom stereocenters. The van der Waals surface area contributed by atoms with E-state index >= 15 is 0 Å². The molecule has 0 saturated heterocycles. The highest BCUT2D eigenvalue weighted by Crippen LogP contribution is 2.15. The number of nitrogens with zero attached hydrogens (tertiary/aromatic N) is 2. The highest BCUT2D eigenvalue weighted by Gasteiger charge is 2.11. The molecule has 0 aliphatic rings. The largest absolute Gasteiger partial charge is 0.478 e. The Balaban J connectivity index is 2.44. The summed E-state index contributed by atoms with van der Waals surface area (Å²) in [4.78, 5) is 19.0. The Bertz CT molecular complexity index is 536. The second kappa shape index (κ2) is 5.03. The van der Waals surface area contributed by atoms with E-state index in [4.69, 9.17) is 5.11 Å². The van der Waals surface area contributed by atoms with E-state index in [1.807, 2.05) is 30.3 Å². The first kappa shape index (κ1) is 11.0. The van der Waals surface area contributed by atoms with Crippen LogP contribution in [-0.4, -0.2) is 21.0 Å². The maximum absolute atomic E-state index is 11.2. The summed E-state index contributed by atoms with van der Waals surface area (Å²) in [5, 5.41) is 9.15. The molecule has 2 rings (SSSR count). The van der Waals surface area contributed by atoms with Crippen LogP contribution in [0.2, 0.25) is 0 Å². The monoisotopic (exact) mass is 226 g/mol. The molecule has 1 aromatic heterocycles. The average Bonchev–Trinajstić information content (AvgIpc) is 2.38. The molecule has 0 aliphatic heterocycles. The summed E-state index contributed by atoms with van der Waals surface area (Å²) in [5.41, 5.74) is 1.30. The SMILES string of the molecule is O=C(O)C(=Cc1ccccc1)c1cnccn1. The van der Waals surface area contributed by atoms with Gasteiger partial charge in [-0.3, -0.25) is 9.97 Å². The molecule has 0 unspecified atom stereocenters. The van der Waals surface area contributed by atoms with Crippen molar-refractivity contribution in [2.75, 3.05) is 0 Å². The molecule has 4 heteroatoms. The van der Waals surface area contributed by atoms with Gasteiger partial charge in [-0.1, -0.05) is 30.3 Å². The van der Waals surface area contributed by atoms with Gasteiger partial charge in [-0.2, -0.15) is 0 Å². The molecular weight excluding hydrogens is 216 g/mol. The van der Waals surface area contributed by atoms with Crippen LogP contribution >= 0.6 is 0 Å². The number of carbonyl (C=O) groups is 1. The lowest BCUT2D eigenvalue weighted by Gasteiger charge is -2.01. The number of carboxylic acids is 1. The minimum atomic E-state index is -1.02. The minimum absolute atomic E-state index is 0.129. The standard InChI is InChI=1S/C13H10N2O2/c16-13(17)11(12-9-14-6-7-15-12)8-10-4-2-1-3-5-10/h1-9H,(H,16,17). The van der Waals surface area contributed by atoms with E-state index in [1.54, 1.807) is 6.08 Å². The smallest absolute Gasteiger partial charge is 0.337 e. The average molecular weight is 226 g/mol. The molecule has 0 aliphatic carbocycles. The topological polar surface area (TPSA) is 63.1 Å². The van der Waals surface area contributed by atoms with Crippen molar-refractivity contribution in [1.29, 1.82) is 0 Å². The van der Waals surface area contributed by atoms with Gasteiger partial charge in [-0.15, -0.1) is 0 Å². The fourth-order valence-corrected chi connectivity index (χ4v) is 1.40. The molecule has 84 valence electrons. The Morgan fingerprint density at radius 3 is 2.53 bits per heavy atom. The Hall–Kier alpha value is -2.49. The Morgan fingerprint density at radius 1 is 1.18 bits per heavy atom. The van der Waals surface area contributed by atoms with Gasteiger partial charge in [0.2, 0.25) is 0 Å². The summed E-state index contributed by atoms with van der Waals surface area (Å²) in [6, 6.07) is 9.24. The highest BCUT2D eigenvalue weighted by atomic mass is 16.4. The van der Waals surface area contributed by atoms with Crippen molar-refractivity contribution < 1.29 is 9.90 Å². The summed E-state index contributed by atoms with van der Waals surface area (Å²) >= 11 is 0. The van der Waals surface area contributed by atoms with E-state index in [0.717, 1.165) is 5.56 Å². The molecule has 17 heavy (non-hydrogen) atoms. The van der Waals surface area contributed by atoms with Crippen LogP contribution in [0.1, 0.15) is 11.3 Å². The molecule has 1 heterocycles. The molecule has 0 radical (unpaired) electrons. The third-order valence-corrected chi connectivity index (χ3v) is 2.18. The summed E-state index contributed by atoms with van der Waals surface area (Å²) in [7, 11) is 0. The normalized spacial score (nSPS) is 11.2. The van der Waals surface area contributed by atoms with Gasteiger partial charge in [0.25, 0.3) is 0 Å². The molecule has 0 bridgehead atoms. The van der Waals surface area contributed by atoms with E-state index in [2.05, 4.69) is 9.97 Å². The predicted octanol–water partition coefficient (Wildman–Crippen LogP) is 2.10. The van der Waals surface area contributed by atoms with Crippen molar-refractivity contribution in [2.24, 2.45) is 0 Å². The van der Waals surface area contributed by atoms with Gasteiger partial charge in [-0.05, 0) is 11.6 Å².